The summed E-state index contributed by atoms with van der Waals surface area (Å²) in [6.45, 7) is 1.15. The zero-order valence-corrected chi connectivity index (χ0v) is 18.6. The normalized spacial score (nSPS) is 13.5. The molecule has 0 unspecified atom stereocenters. The quantitative estimate of drug-likeness (QED) is 0.539. The molecular weight excluding hydrogens is 444 g/mol. The summed E-state index contributed by atoms with van der Waals surface area (Å²) in [5.41, 5.74) is 3.72. The molecule has 0 aliphatic carbocycles. The Morgan fingerprint density at radius 2 is 2.18 bits per heavy atom. The Morgan fingerprint density at radius 3 is 2.88 bits per heavy atom. The molecule has 3 heterocycles. The van der Waals surface area contributed by atoms with Crippen LogP contribution >= 0.6 is 11.6 Å². The molecule has 2 N–H and O–H groups in total. The van der Waals surface area contributed by atoms with Gasteiger partial charge in [0.05, 0.1) is 36.5 Å². The Balaban J connectivity index is 1.65. The second kappa shape index (κ2) is 9.71. The molecule has 3 aromatic rings. The van der Waals surface area contributed by atoms with Gasteiger partial charge in [0, 0.05) is 42.4 Å². The largest absolute Gasteiger partial charge is 0.481 e. The smallest absolute Gasteiger partial charge is 0.305 e. The van der Waals surface area contributed by atoms with Crippen LogP contribution in [0.1, 0.15) is 34.8 Å². The average Bonchev–Trinajstić information content (AvgIpc) is 2.83. The molecule has 0 saturated heterocycles. The molecule has 0 bridgehead atoms. The molecule has 0 amide bonds. The molecule has 10 heteroatoms. The minimum atomic E-state index is -0.951. The number of hydrogen-bond donors (Lipinski definition) is 2. The van der Waals surface area contributed by atoms with Crippen LogP contribution in [0.25, 0.3) is 0 Å². The van der Waals surface area contributed by atoms with Crippen LogP contribution < -0.4 is 15.0 Å². The molecule has 0 radical (unpaired) electrons. The Morgan fingerprint density at radius 1 is 1.33 bits per heavy atom. The van der Waals surface area contributed by atoms with Gasteiger partial charge in [0.25, 0.3) is 0 Å². The monoisotopic (exact) mass is 464 g/mol. The number of carboxylic acid groups (broad SMARTS) is 1. The van der Waals surface area contributed by atoms with Crippen molar-refractivity contribution in [2.24, 2.45) is 0 Å². The number of halogens is 1. The van der Waals surface area contributed by atoms with Gasteiger partial charge in [0.15, 0.2) is 0 Å². The number of ether oxygens (including phenoxy) is 1. The topological polar surface area (TPSA) is 124 Å². The fourth-order valence-corrected chi connectivity index (χ4v) is 4.03. The maximum atomic E-state index is 11.6. The third kappa shape index (κ3) is 4.96. The number of hydrogen-bond acceptors (Lipinski definition) is 8. The first kappa shape index (κ1) is 22.3. The first-order valence-electron chi connectivity index (χ1n) is 10.2. The first-order valence-corrected chi connectivity index (χ1v) is 10.6. The summed E-state index contributed by atoms with van der Waals surface area (Å²) in [4.78, 5) is 26.7. The highest BCUT2D eigenvalue weighted by molar-refractivity contribution is 6.30. The minimum absolute atomic E-state index is 0.160. The fraction of sp³-hybridized carbons (Fsp3) is 0.261. The summed E-state index contributed by atoms with van der Waals surface area (Å²) in [6, 6.07) is 10.3. The van der Waals surface area contributed by atoms with Crippen LogP contribution in [0.2, 0.25) is 5.02 Å². The van der Waals surface area contributed by atoms with E-state index < -0.39 is 12.0 Å². The number of anilines is 2. The van der Waals surface area contributed by atoms with Crippen LogP contribution in [0, 0.1) is 11.3 Å². The van der Waals surface area contributed by atoms with E-state index in [-0.39, 0.29) is 6.42 Å². The molecule has 1 aliphatic rings. The van der Waals surface area contributed by atoms with Crippen molar-refractivity contribution in [2.75, 3.05) is 23.9 Å². The minimum Gasteiger partial charge on any atom is -0.481 e. The van der Waals surface area contributed by atoms with E-state index in [1.54, 1.807) is 30.5 Å². The Hall–Kier alpha value is -3.90. The number of carbonyl (C=O) groups is 1. The summed E-state index contributed by atoms with van der Waals surface area (Å²) in [5, 5.41) is 22.8. The second-order valence-electron chi connectivity index (χ2n) is 7.52. The van der Waals surface area contributed by atoms with Crippen molar-refractivity contribution >= 4 is 29.1 Å². The van der Waals surface area contributed by atoms with Gasteiger partial charge in [-0.15, -0.1) is 0 Å². The van der Waals surface area contributed by atoms with Crippen molar-refractivity contribution in [3.05, 3.63) is 70.3 Å². The number of pyridine rings is 1. The number of nitriles is 1. The molecule has 1 aliphatic heterocycles. The lowest BCUT2D eigenvalue weighted by Gasteiger charge is -2.32. The first-order chi connectivity index (χ1) is 16.0. The van der Waals surface area contributed by atoms with Crippen LogP contribution in [-0.4, -0.2) is 39.7 Å². The van der Waals surface area contributed by atoms with Crippen LogP contribution in [0.15, 0.2) is 42.9 Å². The summed E-state index contributed by atoms with van der Waals surface area (Å²) in [6.07, 6.45) is 3.57. The van der Waals surface area contributed by atoms with Crippen LogP contribution in [0.4, 0.5) is 11.5 Å². The van der Waals surface area contributed by atoms with E-state index in [0.29, 0.717) is 47.4 Å². The molecule has 1 atom stereocenters. The Labute approximate surface area is 195 Å². The number of nitrogens with one attached hydrogen (secondary N) is 1. The van der Waals surface area contributed by atoms with E-state index in [1.165, 1.54) is 13.4 Å². The molecule has 0 spiro atoms. The van der Waals surface area contributed by atoms with Crippen molar-refractivity contribution in [3.63, 3.8) is 0 Å². The number of methoxy groups -OCH3 is 1. The third-order valence-electron chi connectivity index (χ3n) is 5.48. The van der Waals surface area contributed by atoms with E-state index >= 15 is 0 Å². The highest BCUT2D eigenvalue weighted by Crippen LogP contribution is 2.32. The van der Waals surface area contributed by atoms with E-state index in [9.17, 15) is 15.2 Å². The van der Waals surface area contributed by atoms with Crippen LogP contribution in [0.5, 0.6) is 5.88 Å². The summed E-state index contributed by atoms with van der Waals surface area (Å²) in [7, 11) is 1.52. The Bertz CT molecular complexity index is 1210. The molecule has 4 rings (SSSR count). The van der Waals surface area contributed by atoms with Gasteiger partial charge in [0.2, 0.25) is 5.88 Å². The van der Waals surface area contributed by atoms with Gasteiger partial charge in [-0.1, -0.05) is 17.7 Å². The van der Waals surface area contributed by atoms with Crippen molar-refractivity contribution in [2.45, 2.75) is 25.4 Å². The Kier molecular flexibility index (Phi) is 6.56. The second-order valence-corrected chi connectivity index (χ2v) is 7.96. The number of nitrogens with zero attached hydrogens (tertiary/aromatic N) is 5. The van der Waals surface area contributed by atoms with Crippen LogP contribution in [0.3, 0.4) is 0 Å². The number of benzene rings is 1. The summed E-state index contributed by atoms with van der Waals surface area (Å²) < 4.78 is 5.10. The number of carboxylic acids is 1. The van der Waals surface area contributed by atoms with Crippen molar-refractivity contribution in [1.82, 2.24) is 15.0 Å². The van der Waals surface area contributed by atoms with E-state index in [1.807, 2.05) is 6.07 Å². The van der Waals surface area contributed by atoms with Gasteiger partial charge in [-0.2, -0.15) is 5.26 Å². The standard InChI is InChI=1S/C23H21ClN6O3/c1-33-21-5-2-14(11-26-21)19(9-22(31)32)29-23-17-12-30(7-6-18(17)27-13-28-23)20-4-3-16(24)8-15(20)10-25/h2-5,8,11,13,19H,6-7,9,12H2,1H3,(H,31,32)(H,27,28,29)/t19-/m1/s1. The van der Waals surface area contributed by atoms with Gasteiger partial charge in [-0.25, -0.2) is 15.0 Å². The van der Waals surface area contributed by atoms with E-state index in [0.717, 1.165) is 16.9 Å². The lowest BCUT2D eigenvalue weighted by atomic mass is 10.0. The molecule has 9 nitrogen and oxygen atoms in total. The molecular formula is C23H21ClN6O3. The summed E-state index contributed by atoms with van der Waals surface area (Å²) in [5.74, 6) is 0.0473. The fourth-order valence-electron chi connectivity index (χ4n) is 3.86. The molecule has 0 saturated carbocycles. The molecule has 168 valence electrons. The maximum Gasteiger partial charge on any atom is 0.305 e. The summed E-state index contributed by atoms with van der Waals surface area (Å²) >= 11 is 6.06. The zero-order valence-electron chi connectivity index (χ0n) is 17.8. The highest BCUT2D eigenvalue weighted by atomic mass is 35.5. The number of aliphatic carboxylic acids is 1. The van der Waals surface area contributed by atoms with Crippen LogP contribution in [-0.2, 0) is 17.8 Å². The number of fused-ring (bicyclic) bond motifs is 1. The van der Waals surface area contributed by atoms with Crippen molar-refractivity contribution in [3.8, 4) is 11.9 Å². The van der Waals surface area contributed by atoms with Gasteiger partial charge in [-0.05, 0) is 23.8 Å². The predicted octanol–water partition coefficient (Wildman–Crippen LogP) is 3.60. The van der Waals surface area contributed by atoms with E-state index in [4.69, 9.17) is 16.3 Å². The van der Waals surface area contributed by atoms with Crippen molar-refractivity contribution < 1.29 is 14.6 Å². The van der Waals surface area contributed by atoms with E-state index in [2.05, 4.69) is 31.2 Å². The van der Waals surface area contributed by atoms with Gasteiger partial charge >= 0.3 is 5.97 Å². The maximum absolute atomic E-state index is 11.6. The number of rotatable bonds is 7. The molecule has 0 fully saturated rings. The molecule has 2 aromatic heterocycles. The molecule has 1 aromatic carbocycles. The number of aromatic nitrogens is 3. The molecule has 33 heavy (non-hydrogen) atoms. The zero-order chi connectivity index (χ0) is 23.4. The highest BCUT2D eigenvalue weighted by Gasteiger charge is 2.25. The van der Waals surface area contributed by atoms with Gasteiger partial charge in [-0.3, -0.25) is 4.79 Å². The van der Waals surface area contributed by atoms with Crippen molar-refractivity contribution in [1.29, 1.82) is 5.26 Å². The van der Waals surface area contributed by atoms with Gasteiger partial charge < -0.3 is 20.1 Å². The lowest BCUT2D eigenvalue weighted by Crippen LogP contribution is -2.32. The average molecular weight is 465 g/mol. The third-order valence-corrected chi connectivity index (χ3v) is 5.72. The SMILES string of the molecule is COc1ccc([C@@H](CC(=O)O)Nc2ncnc3c2CN(c2ccc(Cl)cc2C#N)CC3)cn1. The van der Waals surface area contributed by atoms with Gasteiger partial charge in [0.1, 0.15) is 18.2 Å². The predicted molar refractivity (Wildman–Crippen MR) is 122 cm³/mol. The lowest BCUT2D eigenvalue weighted by molar-refractivity contribution is -0.137.